The van der Waals surface area contributed by atoms with E-state index in [1.165, 1.54) is 4.88 Å². The van der Waals surface area contributed by atoms with E-state index in [0.717, 1.165) is 17.3 Å². The van der Waals surface area contributed by atoms with Crippen molar-refractivity contribution in [2.24, 2.45) is 0 Å². The van der Waals surface area contributed by atoms with Gasteiger partial charge in [0.15, 0.2) is 0 Å². The number of aryl methyl sites for hydroxylation is 1. The van der Waals surface area contributed by atoms with Crippen molar-refractivity contribution in [3.63, 3.8) is 0 Å². The number of nitrogens with zero attached hydrogens (tertiary/aromatic N) is 2. The summed E-state index contributed by atoms with van der Waals surface area (Å²) in [4.78, 5) is 33.4. The molecule has 1 aromatic carbocycles. The summed E-state index contributed by atoms with van der Waals surface area (Å²) in [6.07, 6.45) is 3.12. The maximum absolute atomic E-state index is 12.8. The summed E-state index contributed by atoms with van der Waals surface area (Å²) in [5, 5.41) is 2.99. The highest BCUT2D eigenvalue weighted by atomic mass is 32.1. The summed E-state index contributed by atoms with van der Waals surface area (Å²) >= 11 is 1.69. The van der Waals surface area contributed by atoms with E-state index in [-0.39, 0.29) is 11.8 Å². The van der Waals surface area contributed by atoms with Gasteiger partial charge in [-0.3, -0.25) is 9.59 Å². The predicted octanol–water partition coefficient (Wildman–Crippen LogP) is 3.15. The van der Waals surface area contributed by atoms with Gasteiger partial charge in [-0.15, -0.1) is 11.3 Å². The van der Waals surface area contributed by atoms with Crippen LogP contribution in [0.15, 0.2) is 48.0 Å². The van der Waals surface area contributed by atoms with Crippen molar-refractivity contribution >= 4 is 34.1 Å². The van der Waals surface area contributed by atoms with Crippen LogP contribution in [0.25, 0.3) is 10.9 Å². The first kappa shape index (κ1) is 16.8. The van der Waals surface area contributed by atoms with E-state index in [1.54, 1.807) is 17.5 Å². The molecule has 2 amide bonds. The zero-order valence-corrected chi connectivity index (χ0v) is 15.3. The molecule has 6 heteroatoms. The van der Waals surface area contributed by atoms with Gasteiger partial charge in [-0.05, 0) is 23.9 Å². The Kier molecular flexibility index (Phi) is 4.75. The number of hydrogen-bond acceptors (Lipinski definition) is 3. The van der Waals surface area contributed by atoms with Crippen molar-refractivity contribution in [3.05, 3.63) is 58.4 Å². The molecule has 1 aliphatic rings. The van der Waals surface area contributed by atoms with E-state index in [4.69, 9.17) is 0 Å². The van der Waals surface area contributed by atoms with Crippen LogP contribution >= 0.6 is 11.3 Å². The van der Waals surface area contributed by atoms with E-state index in [1.807, 2.05) is 45.5 Å². The third-order valence-corrected chi connectivity index (χ3v) is 5.84. The predicted molar refractivity (Wildman–Crippen MR) is 103 cm³/mol. The summed E-state index contributed by atoms with van der Waals surface area (Å²) in [6, 6.07) is 11.9. The molecule has 26 heavy (non-hydrogen) atoms. The topological polar surface area (TPSA) is 56.4 Å². The van der Waals surface area contributed by atoms with Crippen molar-refractivity contribution < 1.29 is 9.59 Å². The molecule has 1 fully saturated rings. The number of benzene rings is 1. The minimum Gasteiger partial charge on any atom is -0.360 e. The summed E-state index contributed by atoms with van der Waals surface area (Å²) in [6.45, 7) is 2.39. The molecule has 2 aromatic heterocycles. The number of aromatic nitrogens is 1. The fraction of sp³-hybridized carbons (Fsp3) is 0.300. The quantitative estimate of drug-likeness (QED) is 0.770. The number of nitrogens with one attached hydrogen (secondary N) is 1. The maximum Gasteiger partial charge on any atom is 0.256 e. The molecular weight excluding hydrogens is 346 g/mol. The number of H-pyrrole nitrogens is 1. The average Bonchev–Trinajstić information content (AvgIpc) is 3.35. The number of carbonyl (C=O) groups excluding carboxylic acids is 2. The number of aromatic amines is 1. The Labute approximate surface area is 156 Å². The van der Waals surface area contributed by atoms with Gasteiger partial charge in [0, 0.05) is 54.6 Å². The van der Waals surface area contributed by atoms with E-state index < -0.39 is 0 Å². The molecule has 134 valence electrons. The van der Waals surface area contributed by atoms with Gasteiger partial charge >= 0.3 is 0 Å². The molecule has 0 saturated carbocycles. The van der Waals surface area contributed by atoms with Crippen LogP contribution in [0.1, 0.15) is 21.7 Å². The first-order valence-corrected chi connectivity index (χ1v) is 9.76. The van der Waals surface area contributed by atoms with Gasteiger partial charge in [-0.1, -0.05) is 24.3 Å². The third kappa shape index (κ3) is 3.37. The third-order valence-electron chi connectivity index (χ3n) is 4.90. The Bertz CT molecular complexity index is 908. The van der Waals surface area contributed by atoms with Crippen molar-refractivity contribution in [1.29, 1.82) is 0 Å². The Hall–Kier alpha value is -2.60. The highest BCUT2D eigenvalue weighted by Crippen LogP contribution is 2.20. The van der Waals surface area contributed by atoms with Crippen LogP contribution in [0.5, 0.6) is 0 Å². The molecule has 0 atom stereocenters. The minimum absolute atomic E-state index is 0.0353. The van der Waals surface area contributed by atoms with Crippen LogP contribution in [0.4, 0.5) is 0 Å². The summed E-state index contributed by atoms with van der Waals surface area (Å²) in [5.41, 5.74) is 1.68. The van der Waals surface area contributed by atoms with E-state index >= 15 is 0 Å². The molecule has 0 unspecified atom stereocenters. The van der Waals surface area contributed by atoms with Crippen LogP contribution in [-0.4, -0.2) is 52.8 Å². The summed E-state index contributed by atoms with van der Waals surface area (Å²) in [7, 11) is 0. The molecule has 1 N–H and O–H groups in total. The van der Waals surface area contributed by atoms with E-state index in [9.17, 15) is 9.59 Å². The Morgan fingerprint density at radius 1 is 1.00 bits per heavy atom. The second-order valence-electron chi connectivity index (χ2n) is 6.50. The second kappa shape index (κ2) is 7.33. The standard InChI is InChI=1S/C20H21N3O2S/c24-19(8-7-15-4-3-13-26-15)22-9-11-23(12-10-22)20(25)17-14-21-18-6-2-1-5-16(17)18/h1-6,13-14,21H,7-12H2. The minimum atomic E-state index is 0.0353. The largest absolute Gasteiger partial charge is 0.360 e. The maximum atomic E-state index is 12.8. The van der Waals surface area contributed by atoms with Crippen molar-refractivity contribution in [1.82, 2.24) is 14.8 Å². The normalized spacial score (nSPS) is 14.8. The van der Waals surface area contributed by atoms with Crippen LogP contribution in [0.3, 0.4) is 0 Å². The first-order chi connectivity index (χ1) is 12.7. The lowest BCUT2D eigenvalue weighted by atomic mass is 10.1. The molecule has 0 bridgehead atoms. The molecule has 1 aliphatic heterocycles. The number of thiophene rings is 1. The Morgan fingerprint density at radius 3 is 2.54 bits per heavy atom. The van der Waals surface area contributed by atoms with Crippen molar-refractivity contribution in [2.45, 2.75) is 12.8 Å². The summed E-state index contributed by atoms with van der Waals surface area (Å²) in [5.74, 6) is 0.214. The Morgan fingerprint density at radius 2 is 1.77 bits per heavy atom. The zero-order chi connectivity index (χ0) is 17.9. The molecule has 1 saturated heterocycles. The number of fused-ring (bicyclic) bond motifs is 1. The lowest BCUT2D eigenvalue weighted by Gasteiger charge is -2.34. The smallest absolute Gasteiger partial charge is 0.256 e. The lowest BCUT2D eigenvalue weighted by Crippen LogP contribution is -2.50. The number of hydrogen-bond donors (Lipinski definition) is 1. The van der Waals surface area contributed by atoms with Crippen LogP contribution in [0.2, 0.25) is 0 Å². The highest BCUT2D eigenvalue weighted by Gasteiger charge is 2.26. The number of piperazine rings is 1. The van der Waals surface area contributed by atoms with Gasteiger partial charge in [0.2, 0.25) is 5.91 Å². The van der Waals surface area contributed by atoms with Crippen LogP contribution in [0, 0.1) is 0 Å². The van der Waals surface area contributed by atoms with E-state index in [0.29, 0.717) is 38.2 Å². The fourth-order valence-corrected chi connectivity index (χ4v) is 4.13. The summed E-state index contributed by atoms with van der Waals surface area (Å²) < 4.78 is 0. The number of para-hydroxylation sites is 1. The number of rotatable bonds is 4. The SMILES string of the molecule is O=C(CCc1cccs1)N1CCN(C(=O)c2c[nH]c3ccccc23)CC1. The molecule has 3 aromatic rings. The first-order valence-electron chi connectivity index (χ1n) is 8.88. The molecule has 5 nitrogen and oxygen atoms in total. The van der Waals surface area contributed by atoms with Gasteiger partial charge in [0.25, 0.3) is 5.91 Å². The van der Waals surface area contributed by atoms with Crippen molar-refractivity contribution in [3.8, 4) is 0 Å². The lowest BCUT2D eigenvalue weighted by molar-refractivity contribution is -0.132. The van der Waals surface area contributed by atoms with E-state index in [2.05, 4.69) is 11.1 Å². The van der Waals surface area contributed by atoms with Gasteiger partial charge in [0.05, 0.1) is 5.56 Å². The van der Waals surface area contributed by atoms with Crippen molar-refractivity contribution in [2.75, 3.05) is 26.2 Å². The average molecular weight is 367 g/mol. The van der Waals surface area contributed by atoms with Gasteiger partial charge in [-0.25, -0.2) is 0 Å². The van der Waals surface area contributed by atoms with Gasteiger partial charge in [0.1, 0.15) is 0 Å². The van der Waals surface area contributed by atoms with Gasteiger partial charge < -0.3 is 14.8 Å². The fourth-order valence-electron chi connectivity index (χ4n) is 3.42. The Balaban J connectivity index is 1.34. The van der Waals surface area contributed by atoms with Crippen LogP contribution in [-0.2, 0) is 11.2 Å². The highest BCUT2D eigenvalue weighted by molar-refractivity contribution is 7.09. The number of carbonyl (C=O) groups is 2. The molecule has 0 spiro atoms. The molecule has 0 aliphatic carbocycles. The second-order valence-corrected chi connectivity index (χ2v) is 7.53. The monoisotopic (exact) mass is 367 g/mol. The number of amides is 2. The van der Waals surface area contributed by atoms with Crippen LogP contribution < -0.4 is 0 Å². The van der Waals surface area contributed by atoms with Gasteiger partial charge in [-0.2, -0.15) is 0 Å². The molecule has 4 rings (SSSR count). The zero-order valence-electron chi connectivity index (χ0n) is 14.5. The molecule has 0 radical (unpaired) electrons. The molecular formula is C20H21N3O2S. The molecule has 3 heterocycles.